The van der Waals surface area contributed by atoms with Gasteiger partial charge in [0.05, 0.1) is 0 Å². The first kappa shape index (κ1) is 31.8. The molecule has 4 heteroatoms. The molecule has 3 heterocycles. The molecular formula is C52H39BN2O. The second-order valence-corrected chi connectivity index (χ2v) is 15.9. The van der Waals surface area contributed by atoms with Gasteiger partial charge >= 0.3 is 0 Å². The quantitative estimate of drug-likeness (QED) is 0.169. The molecule has 2 aliphatic heterocycles. The van der Waals surface area contributed by atoms with Crippen LogP contribution in [0.4, 0.5) is 34.1 Å². The van der Waals surface area contributed by atoms with Crippen molar-refractivity contribution in [2.45, 2.75) is 38.0 Å². The summed E-state index contributed by atoms with van der Waals surface area (Å²) in [7, 11) is 0. The molecule has 0 N–H and O–H groups in total. The van der Waals surface area contributed by atoms with Crippen molar-refractivity contribution in [2.24, 2.45) is 0 Å². The van der Waals surface area contributed by atoms with Crippen molar-refractivity contribution < 1.29 is 4.42 Å². The van der Waals surface area contributed by atoms with E-state index in [4.69, 9.17) is 4.42 Å². The monoisotopic (exact) mass is 718 g/mol. The van der Waals surface area contributed by atoms with Gasteiger partial charge in [-0.1, -0.05) is 135 Å². The van der Waals surface area contributed by atoms with Gasteiger partial charge < -0.3 is 14.2 Å². The van der Waals surface area contributed by atoms with Crippen LogP contribution in [-0.2, 0) is 0 Å². The molecule has 0 atom stereocenters. The second kappa shape index (κ2) is 12.5. The van der Waals surface area contributed by atoms with Crippen LogP contribution in [0.1, 0.15) is 43.6 Å². The van der Waals surface area contributed by atoms with Crippen molar-refractivity contribution >= 4 is 89.9 Å². The summed E-state index contributed by atoms with van der Waals surface area (Å²) in [4.78, 5) is 5.08. The van der Waals surface area contributed by atoms with E-state index in [2.05, 4.69) is 180 Å². The minimum atomic E-state index is 0.130. The van der Waals surface area contributed by atoms with Crippen molar-refractivity contribution in [1.29, 1.82) is 0 Å². The molecule has 56 heavy (non-hydrogen) atoms. The molecule has 8 aromatic carbocycles. The average Bonchev–Trinajstić information content (AvgIpc) is 3.66. The molecule has 9 aromatic rings. The largest absolute Gasteiger partial charge is 0.455 e. The highest BCUT2D eigenvalue weighted by atomic mass is 16.3. The lowest BCUT2D eigenvalue weighted by molar-refractivity contribution is 0.444. The summed E-state index contributed by atoms with van der Waals surface area (Å²) >= 11 is 0. The molecule has 1 aliphatic carbocycles. The first-order valence-electron chi connectivity index (χ1n) is 20.2. The van der Waals surface area contributed by atoms with Crippen molar-refractivity contribution in [3.8, 4) is 11.1 Å². The van der Waals surface area contributed by atoms with Gasteiger partial charge in [0.25, 0.3) is 6.71 Å². The number of nitrogens with zero attached hydrogens (tertiary/aromatic N) is 2. The van der Waals surface area contributed by atoms with Crippen molar-refractivity contribution in [3.05, 3.63) is 175 Å². The van der Waals surface area contributed by atoms with Gasteiger partial charge in [0.15, 0.2) is 0 Å². The summed E-state index contributed by atoms with van der Waals surface area (Å²) in [5, 5.41) is 4.65. The minimum Gasteiger partial charge on any atom is -0.455 e. The van der Waals surface area contributed by atoms with E-state index < -0.39 is 0 Å². The molecule has 3 aliphatic rings. The predicted octanol–water partition coefficient (Wildman–Crippen LogP) is 12.5. The van der Waals surface area contributed by atoms with Gasteiger partial charge in [0, 0.05) is 55.8 Å². The van der Waals surface area contributed by atoms with Crippen LogP contribution in [-0.4, -0.2) is 6.71 Å². The Kier molecular flexibility index (Phi) is 7.10. The predicted molar refractivity (Wildman–Crippen MR) is 237 cm³/mol. The van der Waals surface area contributed by atoms with Gasteiger partial charge in [-0.15, -0.1) is 0 Å². The number of fused-ring (bicyclic) bond motifs is 9. The number of rotatable bonds is 4. The zero-order valence-corrected chi connectivity index (χ0v) is 31.2. The molecule has 0 saturated heterocycles. The Morgan fingerprint density at radius 3 is 1.80 bits per heavy atom. The average molecular weight is 719 g/mol. The first-order chi connectivity index (χ1) is 27.8. The Bertz CT molecular complexity index is 2980. The lowest BCUT2D eigenvalue weighted by atomic mass is 9.33. The molecule has 3 nitrogen and oxygen atoms in total. The van der Waals surface area contributed by atoms with Crippen molar-refractivity contribution in [1.82, 2.24) is 0 Å². The number of benzene rings is 8. The Balaban J connectivity index is 1.06. The fraction of sp³-hybridized carbons (Fsp3) is 0.115. The topological polar surface area (TPSA) is 19.6 Å². The smallest absolute Gasteiger partial charge is 0.252 e. The third kappa shape index (κ3) is 4.72. The Morgan fingerprint density at radius 2 is 1.07 bits per heavy atom. The van der Waals surface area contributed by atoms with E-state index in [0.717, 1.165) is 44.1 Å². The van der Waals surface area contributed by atoms with E-state index in [-0.39, 0.29) is 6.71 Å². The SMILES string of the molecule is c1ccc(N2c3ccccc3B3c4ccccc4N(c4ccc(-c5cccc6c5oc5c7ccccc7ccc65)cc4)c4cc(C5CCCCC5)cc2c43)cc1. The number of furan rings is 1. The van der Waals surface area contributed by atoms with E-state index in [1.165, 1.54) is 87.9 Å². The molecule has 1 fully saturated rings. The number of para-hydroxylation sites is 4. The van der Waals surface area contributed by atoms with E-state index in [9.17, 15) is 0 Å². The highest BCUT2D eigenvalue weighted by molar-refractivity contribution is 7.00. The summed E-state index contributed by atoms with van der Waals surface area (Å²) in [5.41, 5.74) is 17.2. The van der Waals surface area contributed by atoms with Crippen LogP contribution in [0.2, 0.25) is 0 Å². The van der Waals surface area contributed by atoms with Gasteiger partial charge in [0.2, 0.25) is 0 Å². The van der Waals surface area contributed by atoms with Crippen LogP contribution in [0, 0.1) is 0 Å². The van der Waals surface area contributed by atoms with E-state index in [0.29, 0.717) is 5.92 Å². The number of anilines is 6. The molecule has 0 amide bonds. The molecule has 0 unspecified atom stereocenters. The zero-order chi connectivity index (χ0) is 36.7. The van der Waals surface area contributed by atoms with E-state index >= 15 is 0 Å². The fourth-order valence-electron chi connectivity index (χ4n) is 10.3. The third-order valence-corrected chi connectivity index (χ3v) is 12.8. The summed E-state index contributed by atoms with van der Waals surface area (Å²) in [6.07, 6.45) is 6.43. The van der Waals surface area contributed by atoms with Crippen molar-refractivity contribution in [2.75, 3.05) is 9.80 Å². The van der Waals surface area contributed by atoms with Crippen LogP contribution in [0.25, 0.3) is 43.8 Å². The lowest BCUT2D eigenvalue weighted by Crippen LogP contribution is -2.61. The van der Waals surface area contributed by atoms with Gasteiger partial charge in [-0.2, -0.15) is 0 Å². The van der Waals surface area contributed by atoms with E-state index in [1.54, 1.807) is 0 Å². The molecule has 0 spiro atoms. The normalized spacial score (nSPS) is 15.0. The molecule has 1 saturated carbocycles. The van der Waals surface area contributed by atoms with Crippen LogP contribution >= 0.6 is 0 Å². The molecule has 266 valence electrons. The first-order valence-corrected chi connectivity index (χ1v) is 20.2. The summed E-state index contributed by atoms with van der Waals surface area (Å²) in [5.74, 6) is 0.557. The number of hydrogen-bond donors (Lipinski definition) is 0. The second-order valence-electron chi connectivity index (χ2n) is 15.9. The summed E-state index contributed by atoms with van der Waals surface area (Å²) < 4.78 is 6.77. The lowest BCUT2D eigenvalue weighted by Gasteiger charge is -2.44. The van der Waals surface area contributed by atoms with Crippen LogP contribution in [0.15, 0.2) is 174 Å². The molecular weight excluding hydrogens is 679 g/mol. The van der Waals surface area contributed by atoms with Gasteiger partial charge in [-0.25, -0.2) is 0 Å². The molecule has 0 radical (unpaired) electrons. The molecule has 1 aromatic heterocycles. The standard InChI is InChI=1S/C52H39BN2O/c1-3-14-34(15-4-1)37-32-48-50-49(33-37)55(47-25-12-10-23-45(47)53(50)44-22-9-11-24-46(44)54(48)38-17-5-2-6-18-38)39-29-26-36(27-30-39)41-20-13-21-42-43-31-28-35-16-7-8-19-40(35)52(43)56-51(41)42/h2,5-13,16-34H,1,3-4,14-15H2. The highest BCUT2D eigenvalue weighted by Gasteiger charge is 2.43. The zero-order valence-electron chi connectivity index (χ0n) is 31.2. The number of hydrogen-bond acceptors (Lipinski definition) is 3. The fourth-order valence-corrected chi connectivity index (χ4v) is 10.3. The van der Waals surface area contributed by atoms with Crippen LogP contribution < -0.4 is 26.2 Å². The van der Waals surface area contributed by atoms with Crippen LogP contribution in [0.5, 0.6) is 0 Å². The van der Waals surface area contributed by atoms with E-state index in [1.807, 2.05) is 0 Å². The van der Waals surface area contributed by atoms with Crippen molar-refractivity contribution in [3.63, 3.8) is 0 Å². The Labute approximate surface area is 327 Å². The summed E-state index contributed by atoms with van der Waals surface area (Å²) in [6.45, 7) is 0.130. The maximum atomic E-state index is 6.77. The summed E-state index contributed by atoms with van der Waals surface area (Å²) in [6, 6.07) is 62.9. The van der Waals surface area contributed by atoms with Gasteiger partial charge in [0.1, 0.15) is 11.2 Å². The van der Waals surface area contributed by atoms with Gasteiger partial charge in [-0.05, 0) is 106 Å². The maximum Gasteiger partial charge on any atom is 0.252 e. The Hall–Kier alpha value is -6.52. The van der Waals surface area contributed by atoms with Gasteiger partial charge in [-0.3, -0.25) is 0 Å². The molecule has 12 rings (SSSR count). The maximum absolute atomic E-state index is 6.77. The Morgan fingerprint density at radius 1 is 0.464 bits per heavy atom. The minimum absolute atomic E-state index is 0.130. The third-order valence-electron chi connectivity index (χ3n) is 12.8. The highest BCUT2D eigenvalue weighted by Crippen LogP contribution is 2.47. The van der Waals surface area contributed by atoms with Crippen LogP contribution in [0.3, 0.4) is 0 Å². The molecule has 0 bridgehead atoms.